The third-order valence-corrected chi connectivity index (χ3v) is 3.71. The standard InChI is InChI=1S/C18H18F2N2O6/c1-21(2)14-6-5-12(22(24)25)9-13(14)17(23)27-10-11-4-7-15(28-18(19)20)16(8-11)26-3/h4-9,18H,10H2,1-3H3. The van der Waals surface area contributed by atoms with Gasteiger partial charge in [-0.05, 0) is 23.8 Å². The van der Waals surface area contributed by atoms with Crippen molar-refractivity contribution in [2.45, 2.75) is 13.2 Å². The van der Waals surface area contributed by atoms with E-state index in [1.54, 1.807) is 19.0 Å². The molecule has 0 heterocycles. The van der Waals surface area contributed by atoms with Gasteiger partial charge >= 0.3 is 12.6 Å². The Morgan fingerprint density at radius 2 is 1.89 bits per heavy atom. The molecule has 0 aliphatic carbocycles. The normalized spacial score (nSPS) is 10.5. The van der Waals surface area contributed by atoms with Gasteiger partial charge in [-0.15, -0.1) is 0 Å². The molecule has 0 aromatic heterocycles. The van der Waals surface area contributed by atoms with Crippen LogP contribution < -0.4 is 14.4 Å². The molecule has 0 saturated carbocycles. The lowest BCUT2D eigenvalue weighted by Gasteiger charge is -2.16. The van der Waals surface area contributed by atoms with Gasteiger partial charge in [0.25, 0.3) is 5.69 Å². The van der Waals surface area contributed by atoms with Gasteiger partial charge in [-0.25, -0.2) is 4.79 Å². The summed E-state index contributed by atoms with van der Waals surface area (Å²) in [6.45, 7) is -3.20. The van der Waals surface area contributed by atoms with Gasteiger partial charge in [0, 0.05) is 26.2 Å². The van der Waals surface area contributed by atoms with Crippen LogP contribution in [0.15, 0.2) is 36.4 Å². The van der Waals surface area contributed by atoms with Crippen molar-refractivity contribution in [3.05, 3.63) is 57.6 Å². The first-order valence-electron chi connectivity index (χ1n) is 7.97. The average molecular weight is 396 g/mol. The van der Waals surface area contributed by atoms with Crippen LogP contribution in [0.3, 0.4) is 0 Å². The second-order valence-corrected chi connectivity index (χ2v) is 5.79. The number of anilines is 1. The zero-order valence-corrected chi connectivity index (χ0v) is 15.3. The molecule has 8 nitrogen and oxygen atoms in total. The first-order valence-corrected chi connectivity index (χ1v) is 7.97. The summed E-state index contributed by atoms with van der Waals surface area (Å²) in [5, 5.41) is 11.0. The molecule has 0 N–H and O–H groups in total. The lowest BCUT2D eigenvalue weighted by molar-refractivity contribution is -0.384. The Morgan fingerprint density at radius 1 is 1.18 bits per heavy atom. The fourth-order valence-electron chi connectivity index (χ4n) is 2.41. The molecule has 2 rings (SSSR count). The predicted molar refractivity (Wildman–Crippen MR) is 96.2 cm³/mol. The molecular formula is C18H18F2N2O6. The van der Waals surface area contributed by atoms with Crippen molar-refractivity contribution in [2.75, 3.05) is 26.1 Å². The molecule has 10 heteroatoms. The van der Waals surface area contributed by atoms with Crippen molar-refractivity contribution in [1.82, 2.24) is 0 Å². The molecule has 2 aromatic rings. The molecule has 0 aliphatic heterocycles. The van der Waals surface area contributed by atoms with E-state index in [4.69, 9.17) is 9.47 Å². The second-order valence-electron chi connectivity index (χ2n) is 5.79. The molecule has 2 aromatic carbocycles. The second kappa shape index (κ2) is 8.98. The topological polar surface area (TPSA) is 91.1 Å². The van der Waals surface area contributed by atoms with Crippen LogP contribution in [-0.2, 0) is 11.3 Å². The molecule has 0 unspecified atom stereocenters. The summed E-state index contributed by atoms with van der Waals surface area (Å²) in [7, 11) is 4.66. The van der Waals surface area contributed by atoms with Crippen molar-refractivity contribution in [3.63, 3.8) is 0 Å². The van der Waals surface area contributed by atoms with Gasteiger partial charge in [0.15, 0.2) is 11.5 Å². The number of methoxy groups -OCH3 is 1. The van der Waals surface area contributed by atoms with Crippen LogP contribution in [0, 0.1) is 10.1 Å². The number of benzene rings is 2. The lowest BCUT2D eigenvalue weighted by Crippen LogP contribution is -2.16. The quantitative estimate of drug-likeness (QED) is 0.382. The summed E-state index contributed by atoms with van der Waals surface area (Å²) in [5.74, 6) is -0.862. The van der Waals surface area contributed by atoms with Gasteiger partial charge in [0.05, 0.1) is 23.3 Å². The zero-order valence-electron chi connectivity index (χ0n) is 15.3. The van der Waals surface area contributed by atoms with E-state index >= 15 is 0 Å². The van der Waals surface area contributed by atoms with E-state index in [1.165, 1.54) is 37.4 Å². The van der Waals surface area contributed by atoms with Gasteiger partial charge in [-0.2, -0.15) is 8.78 Å². The Kier molecular flexibility index (Phi) is 6.69. The van der Waals surface area contributed by atoms with Crippen LogP contribution in [-0.4, -0.2) is 38.7 Å². The maximum absolute atomic E-state index is 12.5. The number of nitrogens with zero attached hydrogens (tertiary/aromatic N) is 2. The maximum Gasteiger partial charge on any atom is 0.387 e. The third kappa shape index (κ3) is 5.06. The van der Waals surface area contributed by atoms with Crippen LogP contribution in [0.1, 0.15) is 15.9 Å². The first kappa shape index (κ1) is 20.9. The summed E-state index contributed by atoms with van der Waals surface area (Å²) in [5.41, 5.74) is 0.703. The number of nitro groups is 1. The van der Waals surface area contributed by atoms with E-state index in [0.717, 1.165) is 6.07 Å². The van der Waals surface area contributed by atoms with Gasteiger partial charge in [0.2, 0.25) is 0 Å². The fraction of sp³-hybridized carbons (Fsp3) is 0.278. The van der Waals surface area contributed by atoms with Gasteiger partial charge in [-0.1, -0.05) is 6.07 Å². The summed E-state index contributed by atoms with van der Waals surface area (Å²) in [6, 6.07) is 7.98. The molecule has 0 atom stereocenters. The van der Waals surface area contributed by atoms with Gasteiger partial charge in [-0.3, -0.25) is 10.1 Å². The van der Waals surface area contributed by atoms with E-state index in [1.807, 2.05) is 0 Å². The molecule has 28 heavy (non-hydrogen) atoms. The van der Waals surface area contributed by atoms with Crippen LogP contribution >= 0.6 is 0 Å². The minimum absolute atomic E-state index is 0.0313. The van der Waals surface area contributed by atoms with Crippen LogP contribution in [0.25, 0.3) is 0 Å². The van der Waals surface area contributed by atoms with Crippen LogP contribution in [0.5, 0.6) is 11.5 Å². The van der Waals surface area contributed by atoms with Crippen molar-refractivity contribution in [2.24, 2.45) is 0 Å². The summed E-state index contributed by atoms with van der Waals surface area (Å²) in [6.07, 6.45) is 0. The molecular weight excluding hydrogens is 378 g/mol. The highest BCUT2D eigenvalue weighted by atomic mass is 19.3. The third-order valence-electron chi connectivity index (χ3n) is 3.71. The Hall–Kier alpha value is -3.43. The van der Waals surface area contributed by atoms with Crippen molar-refractivity contribution in [1.29, 1.82) is 0 Å². The van der Waals surface area contributed by atoms with Crippen LogP contribution in [0.4, 0.5) is 20.2 Å². The molecule has 0 bridgehead atoms. The number of nitro benzene ring substituents is 1. The van der Waals surface area contributed by atoms with E-state index in [9.17, 15) is 23.7 Å². The van der Waals surface area contributed by atoms with Gasteiger partial charge in [0.1, 0.15) is 6.61 Å². The molecule has 0 radical (unpaired) electrons. The SMILES string of the molecule is COc1cc(COC(=O)c2cc([N+](=O)[O-])ccc2N(C)C)ccc1OC(F)F. The predicted octanol–water partition coefficient (Wildman–Crippen LogP) is 3.63. The maximum atomic E-state index is 12.5. The van der Waals surface area contributed by atoms with E-state index in [-0.39, 0.29) is 29.4 Å². The molecule has 0 fully saturated rings. The summed E-state index contributed by atoms with van der Waals surface area (Å²) < 4.78 is 39.3. The number of non-ortho nitro benzene ring substituents is 1. The van der Waals surface area contributed by atoms with Gasteiger partial charge < -0.3 is 19.1 Å². The zero-order chi connectivity index (χ0) is 20.8. The number of esters is 1. The van der Waals surface area contributed by atoms with Crippen molar-refractivity contribution >= 4 is 17.3 Å². The summed E-state index contributed by atoms with van der Waals surface area (Å²) in [4.78, 5) is 24.5. The number of rotatable bonds is 8. The number of alkyl halides is 2. The van der Waals surface area contributed by atoms with Crippen molar-refractivity contribution < 1.29 is 32.7 Å². The Bertz CT molecular complexity index is 873. The number of carbonyl (C=O) groups is 1. The highest BCUT2D eigenvalue weighted by Crippen LogP contribution is 2.30. The smallest absolute Gasteiger partial charge is 0.387 e. The molecule has 150 valence electrons. The average Bonchev–Trinajstić information content (AvgIpc) is 2.65. The summed E-state index contributed by atoms with van der Waals surface area (Å²) >= 11 is 0. The number of halogens is 2. The van der Waals surface area contributed by atoms with Crippen molar-refractivity contribution in [3.8, 4) is 11.5 Å². The highest BCUT2D eigenvalue weighted by molar-refractivity contribution is 5.96. The molecule has 0 amide bonds. The molecule has 0 spiro atoms. The van der Waals surface area contributed by atoms with E-state index in [2.05, 4.69) is 4.74 Å². The monoisotopic (exact) mass is 396 g/mol. The fourth-order valence-corrected chi connectivity index (χ4v) is 2.41. The Balaban J connectivity index is 2.20. The number of ether oxygens (including phenoxy) is 3. The van der Waals surface area contributed by atoms with E-state index < -0.39 is 17.5 Å². The molecule has 0 saturated heterocycles. The van der Waals surface area contributed by atoms with E-state index in [0.29, 0.717) is 11.3 Å². The lowest BCUT2D eigenvalue weighted by atomic mass is 10.1. The molecule has 0 aliphatic rings. The Morgan fingerprint density at radius 3 is 2.46 bits per heavy atom. The number of carbonyl (C=O) groups excluding carboxylic acids is 1. The van der Waals surface area contributed by atoms with Crippen LogP contribution in [0.2, 0.25) is 0 Å². The number of hydrogen-bond donors (Lipinski definition) is 0. The Labute approximate surface area is 159 Å². The minimum Gasteiger partial charge on any atom is -0.493 e. The first-order chi connectivity index (χ1) is 13.2. The minimum atomic E-state index is -3.00. The largest absolute Gasteiger partial charge is 0.493 e. The number of hydrogen-bond acceptors (Lipinski definition) is 7. The highest BCUT2D eigenvalue weighted by Gasteiger charge is 2.20.